The molecule has 4 rings (SSSR count). The fourth-order valence-electron chi connectivity index (χ4n) is 3.87. The maximum Gasteiger partial charge on any atom is 0.293 e. The van der Waals surface area contributed by atoms with Crippen LogP contribution in [-0.2, 0) is 14.9 Å². The molecule has 3 aromatic rings. The van der Waals surface area contributed by atoms with Crippen molar-refractivity contribution in [1.82, 2.24) is 10.3 Å². The van der Waals surface area contributed by atoms with Crippen LogP contribution < -0.4 is 5.32 Å². The van der Waals surface area contributed by atoms with Gasteiger partial charge in [-0.25, -0.2) is 0 Å². The molecule has 1 aliphatic rings. The highest BCUT2D eigenvalue weighted by atomic mass is 16.5. The first-order chi connectivity index (χ1) is 14.4. The first-order valence-corrected chi connectivity index (χ1v) is 10.4. The Kier molecular flexibility index (Phi) is 6.73. The summed E-state index contributed by atoms with van der Waals surface area (Å²) < 4.78 is 4.55. The van der Waals surface area contributed by atoms with Gasteiger partial charge in [0.15, 0.2) is 5.78 Å². The minimum absolute atomic E-state index is 0.244. The average Bonchev–Trinajstić information content (AvgIpc) is 3.22. The summed E-state index contributed by atoms with van der Waals surface area (Å²) in [5.41, 5.74) is 2.29. The predicted octanol–water partition coefficient (Wildman–Crippen LogP) is 4.63. The van der Waals surface area contributed by atoms with Gasteiger partial charge in [0.2, 0.25) is 0 Å². The minimum atomic E-state index is -0.406. The molecule has 1 aromatic heterocycles. The first-order valence-electron chi connectivity index (χ1n) is 10.4. The van der Waals surface area contributed by atoms with E-state index in [1.807, 2.05) is 69.4 Å². The number of hydrogen-bond donors (Lipinski definition) is 2. The van der Waals surface area contributed by atoms with E-state index in [4.69, 9.17) is 0 Å². The number of piperidine rings is 1. The number of hydrogen-bond acceptors (Lipinski definition) is 4. The van der Waals surface area contributed by atoms with Gasteiger partial charge in [-0.3, -0.25) is 9.59 Å². The van der Waals surface area contributed by atoms with E-state index < -0.39 is 5.41 Å². The van der Waals surface area contributed by atoms with E-state index in [0.717, 1.165) is 48.0 Å². The smallest absolute Gasteiger partial charge is 0.293 e. The molecule has 0 spiro atoms. The Balaban J connectivity index is 0.000000318. The lowest BCUT2D eigenvalue weighted by molar-refractivity contribution is -0.138. The molecule has 0 amide bonds. The van der Waals surface area contributed by atoms with Gasteiger partial charge in [0.1, 0.15) is 5.60 Å². The second-order valence-corrected chi connectivity index (χ2v) is 8.63. The monoisotopic (exact) mass is 406 g/mol. The molecule has 5 heteroatoms. The van der Waals surface area contributed by atoms with Crippen molar-refractivity contribution in [2.75, 3.05) is 13.1 Å². The number of Topliss-reactive ketones (excluding diaryl/α,β-unsaturated/α-hetero) is 1. The number of rotatable bonds is 4. The van der Waals surface area contributed by atoms with Crippen molar-refractivity contribution in [3.8, 4) is 0 Å². The highest BCUT2D eigenvalue weighted by Gasteiger charge is 2.41. The van der Waals surface area contributed by atoms with Crippen LogP contribution in [0, 0.1) is 0 Å². The van der Waals surface area contributed by atoms with E-state index in [1.165, 1.54) is 0 Å². The maximum atomic E-state index is 13.4. The molecule has 0 atom stereocenters. The minimum Gasteiger partial charge on any atom is -0.462 e. The summed E-state index contributed by atoms with van der Waals surface area (Å²) in [6.07, 6.45) is 3.61. The average molecular weight is 407 g/mol. The largest absolute Gasteiger partial charge is 0.462 e. The zero-order chi connectivity index (χ0) is 21.6. The number of fused-ring (bicyclic) bond motifs is 1. The Bertz CT molecular complexity index is 980. The van der Waals surface area contributed by atoms with Gasteiger partial charge >= 0.3 is 0 Å². The van der Waals surface area contributed by atoms with Gasteiger partial charge in [-0.1, -0.05) is 30.3 Å². The topological polar surface area (TPSA) is 71.2 Å². The molecule has 1 aliphatic heterocycles. The summed E-state index contributed by atoms with van der Waals surface area (Å²) in [5, 5.41) is 4.47. The van der Waals surface area contributed by atoms with Crippen LogP contribution in [-0.4, -0.2) is 35.9 Å². The molecule has 5 nitrogen and oxygen atoms in total. The summed E-state index contributed by atoms with van der Waals surface area (Å²) in [4.78, 5) is 26.2. The van der Waals surface area contributed by atoms with Crippen LogP contribution in [0.2, 0.25) is 0 Å². The third-order valence-electron chi connectivity index (χ3n) is 5.44. The van der Waals surface area contributed by atoms with E-state index >= 15 is 0 Å². The molecular weight excluding hydrogens is 376 g/mol. The summed E-state index contributed by atoms with van der Waals surface area (Å²) >= 11 is 0. The van der Waals surface area contributed by atoms with E-state index in [9.17, 15) is 9.59 Å². The highest BCUT2D eigenvalue weighted by molar-refractivity contribution is 6.06. The highest BCUT2D eigenvalue weighted by Crippen LogP contribution is 2.37. The van der Waals surface area contributed by atoms with Crippen LogP contribution in [0.15, 0.2) is 60.8 Å². The lowest BCUT2D eigenvalue weighted by Crippen LogP contribution is -2.45. The summed E-state index contributed by atoms with van der Waals surface area (Å²) in [5.74, 6) is 0.244. The normalized spacial score (nSPS) is 15.7. The number of carbonyl (C=O) groups is 2. The second-order valence-electron chi connectivity index (χ2n) is 8.63. The maximum absolute atomic E-state index is 13.4. The lowest BCUT2D eigenvalue weighted by atomic mass is 9.68. The van der Waals surface area contributed by atoms with Crippen molar-refractivity contribution in [1.29, 1.82) is 0 Å². The van der Waals surface area contributed by atoms with Crippen molar-refractivity contribution in [2.24, 2.45) is 0 Å². The predicted molar refractivity (Wildman–Crippen MR) is 120 cm³/mol. The fourth-order valence-corrected chi connectivity index (χ4v) is 3.87. The molecule has 1 saturated heterocycles. The van der Waals surface area contributed by atoms with Crippen molar-refractivity contribution >= 4 is 23.2 Å². The number of aromatic nitrogens is 1. The Morgan fingerprint density at radius 3 is 2.33 bits per heavy atom. The number of aromatic amines is 1. The van der Waals surface area contributed by atoms with E-state index in [0.29, 0.717) is 6.47 Å². The number of ether oxygens (including phenoxy) is 1. The van der Waals surface area contributed by atoms with Crippen LogP contribution >= 0.6 is 0 Å². The number of carbonyl (C=O) groups excluding carboxylic acids is 2. The van der Waals surface area contributed by atoms with Gasteiger partial charge in [0.05, 0.1) is 5.41 Å². The lowest BCUT2D eigenvalue weighted by Gasteiger charge is -2.37. The van der Waals surface area contributed by atoms with Gasteiger partial charge in [-0.2, -0.15) is 0 Å². The molecule has 2 N–H and O–H groups in total. The van der Waals surface area contributed by atoms with Crippen molar-refractivity contribution in [3.05, 3.63) is 71.9 Å². The molecule has 30 heavy (non-hydrogen) atoms. The van der Waals surface area contributed by atoms with Crippen LogP contribution in [0.4, 0.5) is 0 Å². The molecule has 2 aromatic carbocycles. The third kappa shape index (κ3) is 4.97. The third-order valence-corrected chi connectivity index (χ3v) is 5.44. The molecule has 0 bridgehead atoms. The van der Waals surface area contributed by atoms with E-state index in [-0.39, 0.29) is 11.4 Å². The Hall–Kier alpha value is -2.92. The Labute approximate surface area is 177 Å². The summed E-state index contributed by atoms with van der Waals surface area (Å²) in [6, 6.07) is 18.2. The van der Waals surface area contributed by atoms with Crippen molar-refractivity contribution < 1.29 is 14.3 Å². The quantitative estimate of drug-likeness (QED) is 0.489. The number of ketones is 1. The van der Waals surface area contributed by atoms with Crippen LogP contribution in [0.5, 0.6) is 0 Å². The molecule has 158 valence electrons. The number of H-pyrrole nitrogens is 1. The molecule has 0 aliphatic carbocycles. The van der Waals surface area contributed by atoms with Crippen LogP contribution in [0.3, 0.4) is 0 Å². The zero-order valence-electron chi connectivity index (χ0n) is 17.9. The molecule has 0 radical (unpaired) electrons. The Morgan fingerprint density at radius 2 is 1.73 bits per heavy atom. The van der Waals surface area contributed by atoms with E-state index in [1.54, 1.807) is 0 Å². The van der Waals surface area contributed by atoms with Crippen molar-refractivity contribution in [2.45, 2.75) is 44.6 Å². The van der Waals surface area contributed by atoms with Gasteiger partial charge in [0, 0.05) is 22.7 Å². The van der Waals surface area contributed by atoms with Gasteiger partial charge in [0.25, 0.3) is 6.47 Å². The summed E-state index contributed by atoms with van der Waals surface area (Å²) in [7, 11) is 0. The molecule has 0 unspecified atom stereocenters. The Morgan fingerprint density at radius 1 is 1.03 bits per heavy atom. The molecular formula is C25H30N2O3. The molecule has 2 heterocycles. The fraction of sp³-hybridized carbons (Fsp3) is 0.360. The first kappa shape index (κ1) is 21.8. The standard InChI is InChI=1S/C20H20N2O.C5H10O2/c23-19(16-6-7-18-15(14-16)8-11-22-18)20(9-12-21-13-10-20)17-4-2-1-3-5-17;1-5(2,3)7-4-6/h1-8,11,14,21-22H,9-10,12-13H2;4H,1-3H3. The van der Waals surface area contributed by atoms with Crippen molar-refractivity contribution in [3.63, 3.8) is 0 Å². The molecule has 0 saturated carbocycles. The number of nitrogens with one attached hydrogen (secondary N) is 2. The number of benzene rings is 2. The summed E-state index contributed by atoms with van der Waals surface area (Å²) in [6.45, 7) is 7.68. The van der Waals surface area contributed by atoms with Gasteiger partial charge < -0.3 is 15.0 Å². The molecule has 1 fully saturated rings. The zero-order valence-corrected chi connectivity index (χ0v) is 17.9. The van der Waals surface area contributed by atoms with Crippen LogP contribution in [0.25, 0.3) is 10.9 Å². The van der Waals surface area contributed by atoms with Gasteiger partial charge in [-0.15, -0.1) is 0 Å². The second kappa shape index (κ2) is 9.26. The SMILES string of the molecule is CC(C)(C)OC=O.O=C(c1ccc2[nH]ccc2c1)C1(c2ccccc2)CCNCC1. The van der Waals surface area contributed by atoms with E-state index in [2.05, 4.69) is 27.2 Å². The van der Waals surface area contributed by atoms with Crippen LogP contribution in [0.1, 0.15) is 49.5 Å². The van der Waals surface area contributed by atoms with Gasteiger partial charge in [-0.05, 0) is 76.5 Å².